The molecule has 0 atom stereocenters. The highest BCUT2D eigenvalue weighted by molar-refractivity contribution is 5.49. The second-order valence-electron chi connectivity index (χ2n) is 4.49. The molecule has 0 spiro atoms. The number of fused-ring (bicyclic) bond motifs is 1. The molecule has 0 unspecified atom stereocenters. The highest BCUT2D eigenvalue weighted by Gasteiger charge is 2.20. The first-order valence-corrected chi connectivity index (χ1v) is 5.95. The van der Waals surface area contributed by atoms with Crippen LogP contribution in [0.4, 0.5) is 11.8 Å². The Kier molecular flexibility index (Phi) is 2.40. The molecular formula is C11H17N5. The fourth-order valence-electron chi connectivity index (χ4n) is 2.42. The largest absolute Gasteiger partial charge is 0.383 e. The lowest BCUT2D eigenvalue weighted by Gasteiger charge is -2.27. The maximum absolute atomic E-state index is 5.96. The monoisotopic (exact) mass is 219 g/mol. The van der Waals surface area contributed by atoms with Crippen LogP contribution in [0, 0.1) is 0 Å². The van der Waals surface area contributed by atoms with Gasteiger partial charge in [0.15, 0.2) is 0 Å². The van der Waals surface area contributed by atoms with Gasteiger partial charge in [-0.3, -0.25) is 0 Å². The molecule has 0 bridgehead atoms. The summed E-state index contributed by atoms with van der Waals surface area (Å²) in [5.74, 6) is 1.47. The van der Waals surface area contributed by atoms with Gasteiger partial charge in [-0.1, -0.05) is 0 Å². The van der Waals surface area contributed by atoms with Crippen molar-refractivity contribution in [3.8, 4) is 0 Å². The molecule has 0 aromatic carbocycles. The summed E-state index contributed by atoms with van der Waals surface area (Å²) < 4.78 is 0. The molecule has 5 nitrogen and oxygen atoms in total. The Bertz CT molecular complexity index is 398. The standard InChI is InChI=1S/C11H17N5/c12-10-8-6-13-7-9(8)14-11(15-10)16-4-2-1-3-5-16/h13H,1-7H2,(H2,12,14,15). The number of nitrogen functional groups attached to an aromatic ring is 1. The molecule has 2 aliphatic rings. The van der Waals surface area contributed by atoms with E-state index < -0.39 is 0 Å². The fourth-order valence-corrected chi connectivity index (χ4v) is 2.42. The Morgan fingerprint density at radius 1 is 1.06 bits per heavy atom. The third-order valence-electron chi connectivity index (χ3n) is 3.35. The highest BCUT2D eigenvalue weighted by atomic mass is 15.3. The van der Waals surface area contributed by atoms with Gasteiger partial charge >= 0.3 is 0 Å². The van der Waals surface area contributed by atoms with Gasteiger partial charge in [0.25, 0.3) is 0 Å². The van der Waals surface area contributed by atoms with Crippen LogP contribution in [0.1, 0.15) is 30.5 Å². The molecule has 3 heterocycles. The van der Waals surface area contributed by atoms with E-state index in [1.165, 1.54) is 19.3 Å². The number of nitrogens with one attached hydrogen (secondary N) is 1. The first kappa shape index (κ1) is 9.84. The van der Waals surface area contributed by atoms with E-state index in [4.69, 9.17) is 5.73 Å². The van der Waals surface area contributed by atoms with Crippen LogP contribution in [0.3, 0.4) is 0 Å². The van der Waals surface area contributed by atoms with Crippen molar-refractivity contribution in [3.63, 3.8) is 0 Å². The Morgan fingerprint density at radius 3 is 2.69 bits per heavy atom. The zero-order valence-electron chi connectivity index (χ0n) is 9.37. The van der Waals surface area contributed by atoms with Gasteiger partial charge in [-0.25, -0.2) is 4.98 Å². The van der Waals surface area contributed by atoms with E-state index in [1.807, 2.05) is 0 Å². The molecule has 5 heteroatoms. The lowest BCUT2D eigenvalue weighted by Crippen LogP contribution is -2.31. The zero-order valence-corrected chi connectivity index (χ0v) is 9.37. The van der Waals surface area contributed by atoms with Gasteiger partial charge in [0.2, 0.25) is 5.95 Å². The van der Waals surface area contributed by atoms with E-state index in [2.05, 4.69) is 20.2 Å². The summed E-state index contributed by atoms with van der Waals surface area (Å²) >= 11 is 0. The van der Waals surface area contributed by atoms with Crippen molar-refractivity contribution in [1.82, 2.24) is 15.3 Å². The number of anilines is 2. The fraction of sp³-hybridized carbons (Fsp3) is 0.636. The molecule has 86 valence electrons. The van der Waals surface area contributed by atoms with Crippen LogP contribution in [-0.2, 0) is 13.1 Å². The smallest absolute Gasteiger partial charge is 0.227 e. The van der Waals surface area contributed by atoms with Gasteiger partial charge in [-0.2, -0.15) is 4.98 Å². The average Bonchev–Trinajstić information content (AvgIpc) is 2.79. The SMILES string of the molecule is Nc1nc(N2CCCCC2)nc2c1CNC2. The number of rotatable bonds is 1. The molecule has 0 amide bonds. The van der Waals surface area contributed by atoms with E-state index in [1.54, 1.807) is 0 Å². The van der Waals surface area contributed by atoms with Crippen molar-refractivity contribution in [2.45, 2.75) is 32.4 Å². The number of nitrogens with two attached hydrogens (primary N) is 1. The van der Waals surface area contributed by atoms with E-state index >= 15 is 0 Å². The molecule has 16 heavy (non-hydrogen) atoms. The van der Waals surface area contributed by atoms with E-state index in [0.29, 0.717) is 5.82 Å². The summed E-state index contributed by atoms with van der Waals surface area (Å²) in [6.07, 6.45) is 3.79. The van der Waals surface area contributed by atoms with Gasteiger partial charge in [-0.05, 0) is 19.3 Å². The van der Waals surface area contributed by atoms with Crippen LogP contribution in [0.25, 0.3) is 0 Å². The summed E-state index contributed by atoms with van der Waals surface area (Å²) in [7, 11) is 0. The highest BCUT2D eigenvalue weighted by Crippen LogP contribution is 2.23. The third kappa shape index (κ3) is 1.61. The lowest BCUT2D eigenvalue weighted by molar-refractivity contribution is 0.567. The summed E-state index contributed by atoms with van der Waals surface area (Å²) in [4.78, 5) is 11.3. The molecule has 3 N–H and O–H groups in total. The summed E-state index contributed by atoms with van der Waals surface area (Å²) in [5.41, 5.74) is 8.12. The number of nitrogens with zero attached hydrogens (tertiary/aromatic N) is 3. The Labute approximate surface area is 95.1 Å². The van der Waals surface area contributed by atoms with Crippen LogP contribution in [0.2, 0.25) is 0 Å². The number of hydrogen-bond acceptors (Lipinski definition) is 5. The van der Waals surface area contributed by atoms with Crippen molar-refractivity contribution in [1.29, 1.82) is 0 Å². The molecule has 0 aliphatic carbocycles. The summed E-state index contributed by atoms with van der Waals surface area (Å²) in [5, 5.41) is 3.26. The van der Waals surface area contributed by atoms with E-state index in [-0.39, 0.29) is 0 Å². The first-order chi connectivity index (χ1) is 7.84. The van der Waals surface area contributed by atoms with Crippen LogP contribution in [-0.4, -0.2) is 23.1 Å². The topological polar surface area (TPSA) is 67.1 Å². The van der Waals surface area contributed by atoms with E-state index in [0.717, 1.165) is 43.4 Å². The van der Waals surface area contributed by atoms with Crippen molar-refractivity contribution < 1.29 is 0 Å². The quantitative estimate of drug-likeness (QED) is 0.726. The van der Waals surface area contributed by atoms with Crippen LogP contribution >= 0.6 is 0 Å². The Morgan fingerprint density at radius 2 is 1.88 bits per heavy atom. The second kappa shape index (κ2) is 3.90. The van der Waals surface area contributed by atoms with Gasteiger partial charge in [0.1, 0.15) is 5.82 Å². The molecule has 1 aromatic heterocycles. The normalized spacial score (nSPS) is 19.9. The maximum Gasteiger partial charge on any atom is 0.227 e. The number of aromatic nitrogens is 2. The minimum Gasteiger partial charge on any atom is -0.383 e. The minimum absolute atomic E-state index is 0.649. The van der Waals surface area contributed by atoms with Crippen LogP contribution in [0.15, 0.2) is 0 Å². The molecule has 3 rings (SSSR count). The second-order valence-corrected chi connectivity index (χ2v) is 4.49. The molecule has 2 aliphatic heterocycles. The predicted molar refractivity (Wildman–Crippen MR) is 63.1 cm³/mol. The van der Waals surface area contributed by atoms with E-state index in [9.17, 15) is 0 Å². The van der Waals surface area contributed by atoms with Crippen LogP contribution in [0.5, 0.6) is 0 Å². The van der Waals surface area contributed by atoms with Gasteiger partial charge in [-0.15, -0.1) is 0 Å². The third-order valence-corrected chi connectivity index (χ3v) is 3.35. The molecule has 1 aromatic rings. The lowest BCUT2D eigenvalue weighted by atomic mass is 10.1. The molecular weight excluding hydrogens is 202 g/mol. The van der Waals surface area contributed by atoms with Crippen molar-refractivity contribution in [2.24, 2.45) is 0 Å². The van der Waals surface area contributed by atoms with Gasteiger partial charge in [0, 0.05) is 31.7 Å². The van der Waals surface area contributed by atoms with Crippen molar-refractivity contribution in [2.75, 3.05) is 23.7 Å². The van der Waals surface area contributed by atoms with Gasteiger partial charge in [0.05, 0.1) is 5.69 Å². The van der Waals surface area contributed by atoms with Crippen LogP contribution < -0.4 is 16.0 Å². The Balaban J connectivity index is 1.92. The molecule has 1 fully saturated rings. The summed E-state index contributed by atoms with van der Waals surface area (Å²) in [6.45, 7) is 3.75. The Hall–Kier alpha value is -1.36. The molecule has 0 saturated carbocycles. The minimum atomic E-state index is 0.649. The molecule has 1 saturated heterocycles. The average molecular weight is 219 g/mol. The molecule has 0 radical (unpaired) electrons. The maximum atomic E-state index is 5.96. The predicted octanol–water partition coefficient (Wildman–Crippen LogP) is 0.652. The first-order valence-electron chi connectivity index (χ1n) is 5.95. The number of hydrogen-bond donors (Lipinski definition) is 2. The summed E-state index contributed by atoms with van der Waals surface area (Å²) in [6, 6.07) is 0. The zero-order chi connectivity index (χ0) is 11.0. The van der Waals surface area contributed by atoms with Crippen molar-refractivity contribution in [3.05, 3.63) is 11.3 Å². The van der Waals surface area contributed by atoms with Gasteiger partial charge < -0.3 is 16.0 Å². The van der Waals surface area contributed by atoms with Crippen molar-refractivity contribution >= 4 is 11.8 Å². The number of piperidine rings is 1.